The molecular formula is C22H20ClN3O5S2. The number of hydrogen-bond acceptors (Lipinski definition) is 6. The Hall–Kier alpha value is -2.92. The van der Waals surface area contributed by atoms with Gasteiger partial charge >= 0.3 is 5.97 Å². The largest absolute Gasteiger partial charge is 0.484 e. The van der Waals surface area contributed by atoms with Gasteiger partial charge in [-0.25, -0.2) is 22.9 Å². The molecule has 2 aromatic heterocycles. The third-order valence-corrected chi connectivity index (χ3v) is 7.83. The molecule has 172 valence electrons. The number of carboxylic acids is 1. The highest BCUT2D eigenvalue weighted by Crippen LogP contribution is 2.37. The molecule has 0 unspecified atom stereocenters. The molecule has 0 radical (unpaired) electrons. The van der Waals surface area contributed by atoms with Crippen LogP contribution in [0, 0.1) is 0 Å². The molecule has 0 bridgehead atoms. The Bertz CT molecular complexity index is 1450. The third-order valence-electron chi connectivity index (χ3n) is 5.04. The van der Waals surface area contributed by atoms with Gasteiger partial charge in [-0.1, -0.05) is 35.9 Å². The second kappa shape index (κ2) is 9.14. The van der Waals surface area contributed by atoms with Crippen LogP contribution in [0.2, 0.25) is 5.02 Å². The van der Waals surface area contributed by atoms with Crippen LogP contribution in [0.5, 0.6) is 5.75 Å². The molecule has 0 saturated carbocycles. The van der Waals surface area contributed by atoms with Crippen molar-refractivity contribution in [3.8, 4) is 10.8 Å². The predicted octanol–water partition coefficient (Wildman–Crippen LogP) is 4.63. The molecule has 0 saturated heterocycles. The average molecular weight is 506 g/mol. The van der Waals surface area contributed by atoms with Crippen molar-refractivity contribution in [3.63, 3.8) is 0 Å². The van der Waals surface area contributed by atoms with Crippen molar-refractivity contribution >= 4 is 50.0 Å². The minimum Gasteiger partial charge on any atom is -0.484 e. The Balaban J connectivity index is 1.72. The summed E-state index contributed by atoms with van der Waals surface area (Å²) >= 11 is 7.30. The molecule has 2 aromatic carbocycles. The van der Waals surface area contributed by atoms with Crippen molar-refractivity contribution < 1.29 is 23.1 Å². The number of nitrogens with zero attached hydrogens (tertiary/aromatic N) is 2. The first-order valence-corrected chi connectivity index (χ1v) is 12.7. The van der Waals surface area contributed by atoms with E-state index in [0.29, 0.717) is 26.6 Å². The molecule has 0 fully saturated rings. The van der Waals surface area contributed by atoms with Gasteiger partial charge in [0, 0.05) is 16.7 Å². The van der Waals surface area contributed by atoms with Crippen LogP contribution >= 0.6 is 22.9 Å². The summed E-state index contributed by atoms with van der Waals surface area (Å²) in [5.41, 5.74) is 2.63. The van der Waals surface area contributed by atoms with Crippen LogP contribution in [0.15, 0.2) is 54.9 Å². The van der Waals surface area contributed by atoms with Gasteiger partial charge in [0.2, 0.25) is 10.0 Å². The molecule has 11 heteroatoms. The van der Waals surface area contributed by atoms with E-state index in [0.717, 1.165) is 16.9 Å². The Morgan fingerprint density at radius 1 is 1.27 bits per heavy atom. The van der Waals surface area contributed by atoms with Gasteiger partial charge in [0.25, 0.3) is 0 Å². The highest BCUT2D eigenvalue weighted by molar-refractivity contribution is 7.88. The molecule has 0 aliphatic rings. The Kier molecular flexibility index (Phi) is 6.44. The highest BCUT2D eigenvalue weighted by atomic mass is 35.5. The van der Waals surface area contributed by atoms with Crippen LogP contribution in [0.1, 0.15) is 33.8 Å². The summed E-state index contributed by atoms with van der Waals surface area (Å²) in [6.07, 6.45) is 1.09. The Morgan fingerprint density at radius 3 is 2.73 bits per heavy atom. The number of carbonyl (C=O) groups is 1. The topological polar surface area (TPSA) is 111 Å². The number of carboxylic acid groups (broad SMARTS) is 1. The van der Waals surface area contributed by atoms with E-state index in [1.165, 1.54) is 7.05 Å². The zero-order valence-corrected chi connectivity index (χ0v) is 20.0. The van der Waals surface area contributed by atoms with Crippen molar-refractivity contribution in [2.45, 2.75) is 18.8 Å². The minimum absolute atomic E-state index is 0.0414. The lowest BCUT2D eigenvalue weighted by atomic mass is 10.1. The molecule has 2 N–H and O–H groups in total. The monoisotopic (exact) mass is 505 g/mol. The van der Waals surface area contributed by atoms with Gasteiger partial charge in [0.15, 0.2) is 4.88 Å². The van der Waals surface area contributed by atoms with Crippen LogP contribution in [-0.2, 0) is 15.8 Å². The molecule has 0 spiro atoms. The van der Waals surface area contributed by atoms with Gasteiger partial charge in [0.05, 0.1) is 16.8 Å². The van der Waals surface area contributed by atoms with Crippen LogP contribution in [0.3, 0.4) is 0 Å². The summed E-state index contributed by atoms with van der Waals surface area (Å²) in [6, 6.07) is 14.0. The number of aromatic carboxylic acids is 1. The third kappa shape index (κ3) is 4.88. The number of ether oxygens (including phenoxy) is 1. The maximum Gasteiger partial charge on any atom is 0.349 e. The lowest BCUT2D eigenvalue weighted by Gasteiger charge is -2.15. The van der Waals surface area contributed by atoms with Gasteiger partial charge in [-0.05, 0) is 37.7 Å². The number of benzene rings is 2. The van der Waals surface area contributed by atoms with Crippen LogP contribution in [0.4, 0.5) is 0 Å². The number of halogens is 1. The first kappa shape index (κ1) is 23.2. The van der Waals surface area contributed by atoms with E-state index in [-0.39, 0.29) is 16.4 Å². The van der Waals surface area contributed by atoms with Gasteiger partial charge in [-0.3, -0.25) is 4.57 Å². The fraction of sp³-hybridized carbons (Fsp3) is 0.182. The van der Waals surface area contributed by atoms with Crippen molar-refractivity contribution in [2.75, 3.05) is 7.05 Å². The number of sulfonamides is 1. The normalized spacial score (nSPS) is 12.7. The smallest absolute Gasteiger partial charge is 0.349 e. The highest BCUT2D eigenvalue weighted by Gasteiger charge is 2.22. The fourth-order valence-electron chi connectivity index (χ4n) is 3.39. The number of fused-ring (bicyclic) bond motifs is 1. The van der Waals surface area contributed by atoms with Crippen LogP contribution < -0.4 is 9.46 Å². The first-order valence-electron chi connectivity index (χ1n) is 9.84. The van der Waals surface area contributed by atoms with Crippen molar-refractivity contribution in [1.82, 2.24) is 14.3 Å². The first-order chi connectivity index (χ1) is 15.7. The standard InChI is InChI=1S/C22H20ClN3O5S2/c1-13(15-5-3-4-6-16(15)23)31-19-10-20(32-21(19)22(27)28)26-12-25-17-8-7-14(9-18(17)26)11-33(29,30)24-2/h3-10,12-13,24H,11H2,1-2H3,(H,27,28)/t13-/m1/s1. The van der Waals surface area contributed by atoms with Crippen molar-refractivity contribution in [3.05, 3.63) is 75.9 Å². The van der Waals surface area contributed by atoms with Crippen molar-refractivity contribution in [1.29, 1.82) is 0 Å². The fourth-order valence-corrected chi connectivity index (χ4v) is 5.35. The maximum absolute atomic E-state index is 11.9. The Morgan fingerprint density at radius 2 is 2.03 bits per heavy atom. The molecule has 33 heavy (non-hydrogen) atoms. The van der Waals surface area contributed by atoms with Gasteiger partial charge in [-0.15, -0.1) is 11.3 Å². The van der Waals surface area contributed by atoms with Gasteiger partial charge in [0.1, 0.15) is 23.2 Å². The second-order valence-electron chi connectivity index (χ2n) is 7.27. The molecule has 0 aliphatic carbocycles. The lowest BCUT2D eigenvalue weighted by molar-refractivity contribution is 0.0695. The maximum atomic E-state index is 11.9. The SMILES string of the molecule is CNS(=O)(=O)Cc1ccc2ncn(-c3cc(O[C@H](C)c4ccccc4Cl)c(C(=O)O)s3)c2c1. The zero-order chi connectivity index (χ0) is 23.8. The molecular weight excluding hydrogens is 486 g/mol. The summed E-state index contributed by atoms with van der Waals surface area (Å²) in [4.78, 5) is 16.3. The van der Waals surface area contributed by atoms with E-state index < -0.39 is 22.1 Å². The molecule has 4 rings (SSSR count). The second-order valence-corrected chi connectivity index (χ2v) is 10.6. The number of nitrogens with one attached hydrogen (secondary N) is 1. The van der Waals surface area contributed by atoms with Crippen LogP contribution in [0.25, 0.3) is 16.0 Å². The predicted molar refractivity (Wildman–Crippen MR) is 128 cm³/mol. The number of hydrogen-bond donors (Lipinski definition) is 2. The summed E-state index contributed by atoms with van der Waals surface area (Å²) in [6.45, 7) is 1.80. The van der Waals surface area contributed by atoms with E-state index >= 15 is 0 Å². The van der Waals surface area contributed by atoms with E-state index in [9.17, 15) is 18.3 Å². The summed E-state index contributed by atoms with van der Waals surface area (Å²) < 4.78 is 33.9. The number of rotatable bonds is 8. The lowest BCUT2D eigenvalue weighted by Crippen LogP contribution is -2.20. The molecule has 0 amide bonds. The van der Waals surface area contributed by atoms with Crippen molar-refractivity contribution in [2.24, 2.45) is 0 Å². The van der Waals surface area contributed by atoms with Gasteiger partial charge in [-0.2, -0.15) is 0 Å². The zero-order valence-electron chi connectivity index (χ0n) is 17.6. The van der Waals surface area contributed by atoms with Crippen LogP contribution in [-0.4, -0.2) is 36.1 Å². The summed E-state index contributed by atoms with van der Waals surface area (Å²) in [5, 5.41) is 10.8. The van der Waals surface area contributed by atoms with Gasteiger partial charge < -0.3 is 9.84 Å². The van der Waals surface area contributed by atoms with E-state index in [1.54, 1.807) is 48.1 Å². The van der Waals surface area contributed by atoms with E-state index in [2.05, 4.69) is 9.71 Å². The van der Waals surface area contributed by atoms with E-state index in [1.807, 2.05) is 18.2 Å². The quantitative estimate of drug-likeness (QED) is 0.361. The summed E-state index contributed by atoms with van der Waals surface area (Å²) in [5.74, 6) is -1.08. The number of thiophene rings is 1. The minimum atomic E-state index is -3.44. The summed E-state index contributed by atoms with van der Waals surface area (Å²) in [7, 11) is -2.08. The number of imidazole rings is 1. The molecule has 1 atom stereocenters. The molecule has 4 aromatic rings. The molecule has 2 heterocycles. The Labute approximate surface area is 199 Å². The average Bonchev–Trinajstić information content (AvgIpc) is 3.37. The number of aromatic nitrogens is 2. The van der Waals surface area contributed by atoms with E-state index in [4.69, 9.17) is 16.3 Å². The molecule has 8 nitrogen and oxygen atoms in total. The molecule has 0 aliphatic heterocycles.